The van der Waals surface area contributed by atoms with Crippen LogP contribution < -0.4 is 4.74 Å². The Morgan fingerprint density at radius 3 is 2.62 bits per heavy atom. The summed E-state index contributed by atoms with van der Waals surface area (Å²) >= 11 is 0. The van der Waals surface area contributed by atoms with Gasteiger partial charge in [0.15, 0.2) is 27.0 Å². The van der Waals surface area contributed by atoms with Gasteiger partial charge in [0.1, 0.15) is 0 Å². The van der Waals surface area contributed by atoms with Gasteiger partial charge in [-0.15, -0.1) is 0 Å². The van der Waals surface area contributed by atoms with Gasteiger partial charge < -0.3 is 9.15 Å². The summed E-state index contributed by atoms with van der Waals surface area (Å²) in [5, 5.41) is -0.191. The van der Waals surface area contributed by atoms with Crippen molar-refractivity contribution in [3.05, 3.63) is 59.9 Å². The van der Waals surface area contributed by atoms with Crippen molar-refractivity contribution >= 4 is 26.6 Å². The SMILES string of the molecule is COc1c2c(cc3ccoc13)C(S(=O)(=O)c1ccccc1)CC2=O. The number of sulfone groups is 1. The number of fused-ring (bicyclic) bond motifs is 2. The molecule has 0 saturated heterocycles. The van der Waals surface area contributed by atoms with Crippen LogP contribution in [0.15, 0.2) is 58.0 Å². The van der Waals surface area contributed by atoms with Crippen LogP contribution in [0.1, 0.15) is 27.6 Å². The fourth-order valence-corrected chi connectivity index (χ4v) is 5.03. The predicted molar refractivity (Wildman–Crippen MR) is 88.1 cm³/mol. The number of carbonyl (C=O) groups is 1. The number of methoxy groups -OCH3 is 1. The Balaban J connectivity index is 1.97. The lowest BCUT2D eigenvalue weighted by atomic mass is 10.1. The van der Waals surface area contributed by atoms with Gasteiger partial charge in [-0.3, -0.25) is 4.79 Å². The van der Waals surface area contributed by atoms with Gasteiger partial charge in [0, 0.05) is 11.8 Å². The molecular weight excluding hydrogens is 328 g/mol. The molecule has 0 bridgehead atoms. The average molecular weight is 342 g/mol. The largest absolute Gasteiger partial charge is 0.492 e. The molecule has 5 nitrogen and oxygen atoms in total. The molecule has 1 aliphatic carbocycles. The first-order valence-corrected chi connectivity index (χ1v) is 8.99. The normalized spacial score (nSPS) is 17.2. The molecule has 0 radical (unpaired) electrons. The minimum Gasteiger partial charge on any atom is -0.492 e. The summed E-state index contributed by atoms with van der Waals surface area (Å²) in [6.45, 7) is 0. The zero-order valence-electron chi connectivity index (χ0n) is 12.9. The van der Waals surface area contributed by atoms with Crippen LogP contribution >= 0.6 is 0 Å². The second-order valence-corrected chi connectivity index (χ2v) is 7.82. The summed E-state index contributed by atoms with van der Waals surface area (Å²) < 4.78 is 36.7. The molecule has 1 unspecified atom stereocenters. The maximum Gasteiger partial charge on any atom is 0.185 e. The molecule has 6 heteroatoms. The van der Waals surface area contributed by atoms with Crippen molar-refractivity contribution in [1.29, 1.82) is 0 Å². The van der Waals surface area contributed by atoms with Crippen molar-refractivity contribution in [1.82, 2.24) is 0 Å². The Morgan fingerprint density at radius 2 is 1.92 bits per heavy atom. The molecule has 0 amide bonds. The van der Waals surface area contributed by atoms with E-state index in [0.29, 0.717) is 27.8 Å². The number of furan rings is 1. The molecule has 0 N–H and O–H groups in total. The van der Waals surface area contributed by atoms with Gasteiger partial charge in [0.25, 0.3) is 0 Å². The topological polar surface area (TPSA) is 73.6 Å². The van der Waals surface area contributed by atoms with Crippen LogP contribution in [0.25, 0.3) is 11.0 Å². The third kappa shape index (κ3) is 1.99. The lowest BCUT2D eigenvalue weighted by Gasteiger charge is -2.13. The fourth-order valence-electron chi connectivity index (χ4n) is 3.27. The van der Waals surface area contributed by atoms with Crippen LogP contribution in [0.2, 0.25) is 0 Å². The molecule has 1 aromatic heterocycles. The number of hydrogen-bond acceptors (Lipinski definition) is 5. The van der Waals surface area contributed by atoms with Crippen molar-refractivity contribution in [2.24, 2.45) is 0 Å². The Bertz CT molecular complexity index is 1050. The molecule has 0 aliphatic heterocycles. The summed E-state index contributed by atoms with van der Waals surface area (Å²) in [5.41, 5.74) is 1.25. The van der Waals surface area contributed by atoms with Crippen LogP contribution in [0.4, 0.5) is 0 Å². The Morgan fingerprint density at radius 1 is 1.17 bits per heavy atom. The van der Waals surface area contributed by atoms with Gasteiger partial charge in [-0.05, 0) is 29.8 Å². The van der Waals surface area contributed by atoms with E-state index in [-0.39, 0.29) is 17.1 Å². The Hall–Kier alpha value is -2.60. The standard InChI is InChI=1S/C18H14O5S/c1-22-18-16-13(9-11-7-8-23-17(11)18)15(10-14(16)19)24(20,21)12-5-3-2-4-6-12/h2-9,15H,10H2,1H3. The van der Waals surface area contributed by atoms with Gasteiger partial charge >= 0.3 is 0 Å². The molecule has 3 aromatic rings. The van der Waals surface area contributed by atoms with Crippen LogP contribution in [-0.4, -0.2) is 21.3 Å². The van der Waals surface area contributed by atoms with Crippen LogP contribution in [-0.2, 0) is 9.84 Å². The highest BCUT2D eigenvalue weighted by Crippen LogP contribution is 2.46. The smallest absolute Gasteiger partial charge is 0.185 e. The average Bonchev–Trinajstić information content (AvgIpc) is 3.19. The third-order valence-electron chi connectivity index (χ3n) is 4.38. The molecule has 0 spiro atoms. The quantitative estimate of drug-likeness (QED) is 0.728. The van der Waals surface area contributed by atoms with E-state index >= 15 is 0 Å². The van der Waals surface area contributed by atoms with E-state index in [1.807, 2.05) is 0 Å². The first-order chi connectivity index (χ1) is 11.5. The number of hydrogen-bond donors (Lipinski definition) is 0. The van der Waals surface area contributed by atoms with E-state index in [2.05, 4.69) is 0 Å². The number of ether oxygens (including phenoxy) is 1. The molecular formula is C18H14O5S. The van der Waals surface area contributed by atoms with E-state index in [4.69, 9.17) is 9.15 Å². The van der Waals surface area contributed by atoms with Crippen LogP contribution in [0, 0.1) is 0 Å². The molecule has 122 valence electrons. The van der Waals surface area contributed by atoms with E-state index in [1.165, 1.54) is 13.4 Å². The zero-order valence-corrected chi connectivity index (χ0v) is 13.7. The van der Waals surface area contributed by atoms with Gasteiger partial charge in [-0.1, -0.05) is 18.2 Å². The number of Topliss-reactive ketones (excluding diaryl/α,β-unsaturated/α-hetero) is 1. The Kier molecular flexibility index (Phi) is 3.25. The van der Waals surface area contributed by atoms with E-state index < -0.39 is 15.1 Å². The van der Waals surface area contributed by atoms with Gasteiger partial charge in [0.2, 0.25) is 0 Å². The zero-order chi connectivity index (χ0) is 16.9. The molecule has 1 atom stereocenters. The summed E-state index contributed by atoms with van der Waals surface area (Å²) in [7, 11) is -2.22. The number of ketones is 1. The second kappa shape index (κ2) is 5.21. The summed E-state index contributed by atoms with van der Waals surface area (Å²) in [4.78, 5) is 12.7. The summed E-state index contributed by atoms with van der Waals surface area (Å²) in [6, 6.07) is 11.6. The minimum absolute atomic E-state index is 0.0878. The maximum absolute atomic E-state index is 13.0. The van der Waals surface area contributed by atoms with E-state index in [0.717, 1.165) is 0 Å². The summed E-state index contributed by atoms with van der Waals surface area (Å²) in [6.07, 6.45) is 1.41. The van der Waals surface area contributed by atoms with Gasteiger partial charge in [-0.2, -0.15) is 0 Å². The van der Waals surface area contributed by atoms with Crippen molar-refractivity contribution in [3.63, 3.8) is 0 Å². The number of benzene rings is 2. The van der Waals surface area contributed by atoms with E-state index in [9.17, 15) is 13.2 Å². The van der Waals surface area contributed by atoms with E-state index in [1.54, 1.807) is 42.5 Å². The first-order valence-electron chi connectivity index (χ1n) is 7.44. The van der Waals surface area contributed by atoms with Gasteiger partial charge in [-0.25, -0.2) is 8.42 Å². The molecule has 24 heavy (non-hydrogen) atoms. The van der Waals surface area contributed by atoms with Crippen molar-refractivity contribution in [2.75, 3.05) is 7.11 Å². The molecule has 1 heterocycles. The monoisotopic (exact) mass is 342 g/mol. The van der Waals surface area contributed by atoms with Crippen molar-refractivity contribution in [2.45, 2.75) is 16.6 Å². The highest BCUT2D eigenvalue weighted by Gasteiger charge is 2.42. The fraction of sp³-hybridized carbons (Fsp3) is 0.167. The molecule has 0 fully saturated rings. The predicted octanol–water partition coefficient (Wildman–Crippen LogP) is 3.54. The molecule has 1 aliphatic rings. The lowest BCUT2D eigenvalue weighted by Crippen LogP contribution is -2.11. The minimum atomic E-state index is -3.67. The first kappa shape index (κ1) is 15.0. The number of carbonyl (C=O) groups excluding carboxylic acids is 1. The molecule has 0 saturated carbocycles. The number of rotatable bonds is 3. The highest BCUT2D eigenvalue weighted by molar-refractivity contribution is 7.91. The van der Waals surface area contributed by atoms with Crippen LogP contribution in [0.5, 0.6) is 5.75 Å². The molecule has 4 rings (SSSR count). The third-order valence-corrected chi connectivity index (χ3v) is 6.47. The van der Waals surface area contributed by atoms with Crippen molar-refractivity contribution in [3.8, 4) is 5.75 Å². The summed E-state index contributed by atoms with van der Waals surface area (Å²) in [5.74, 6) is 0.0629. The second-order valence-electron chi connectivity index (χ2n) is 5.69. The lowest BCUT2D eigenvalue weighted by molar-refractivity contribution is 0.0990. The van der Waals surface area contributed by atoms with Crippen molar-refractivity contribution < 1.29 is 22.4 Å². The molecule has 2 aromatic carbocycles. The maximum atomic E-state index is 13.0. The van der Waals surface area contributed by atoms with Crippen LogP contribution in [0.3, 0.4) is 0 Å². The Labute approximate surface area is 138 Å². The highest BCUT2D eigenvalue weighted by atomic mass is 32.2. The van der Waals surface area contributed by atoms with Gasteiger partial charge in [0.05, 0.1) is 29.1 Å².